The lowest BCUT2D eigenvalue weighted by atomic mass is 10.1. The van der Waals surface area contributed by atoms with E-state index in [1.165, 1.54) is 21.6 Å². The van der Waals surface area contributed by atoms with Crippen LogP contribution in [0.4, 0.5) is 0 Å². The molecule has 0 bridgehead atoms. The van der Waals surface area contributed by atoms with Crippen molar-refractivity contribution in [3.8, 4) is 0 Å². The number of rotatable bonds is 5. The van der Waals surface area contributed by atoms with Crippen molar-refractivity contribution in [1.29, 1.82) is 0 Å². The second-order valence-corrected chi connectivity index (χ2v) is 10.9. The van der Waals surface area contributed by atoms with Crippen molar-refractivity contribution in [2.24, 2.45) is 0 Å². The van der Waals surface area contributed by atoms with Crippen LogP contribution in [0, 0.1) is 0 Å². The zero-order valence-electron chi connectivity index (χ0n) is 16.6. The average molecular weight is 431 g/mol. The van der Waals surface area contributed by atoms with E-state index in [9.17, 15) is 13.2 Å². The van der Waals surface area contributed by atoms with E-state index in [-0.39, 0.29) is 11.2 Å². The van der Waals surface area contributed by atoms with E-state index in [1.807, 2.05) is 49.4 Å². The number of piperazine rings is 1. The minimum absolute atomic E-state index is 0.0634. The van der Waals surface area contributed by atoms with E-state index in [2.05, 4.69) is 0 Å². The lowest BCUT2D eigenvalue weighted by Gasteiger charge is -2.35. The van der Waals surface area contributed by atoms with E-state index in [1.54, 1.807) is 11.0 Å². The van der Waals surface area contributed by atoms with Gasteiger partial charge in [0.05, 0.1) is 10.1 Å². The van der Waals surface area contributed by atoms with E-state index in [4.69, 9.17) is 0 Å². The van der Waals surface area contributed by atoms with Crippen LogP contribution in [-0.4, -0.2) is 55.0 Å². The second-order valence-electron chi connectivity index (χ2n) is 7.59. The largest absolute Gasteiger partial charge is 0.339 e. The van der Waals surface area contributed by atoms with Crippen molar-refractivity contribution in [2.75, 3.05) is 26.2 Å². The number of carbonyl (C=O) groups excluding carboxylic acids is 1. The maximum atomic E-state index is 13.1. The van der Waals surface area contributed by atoms with Gasteiger partial charge in [-0.25, -0.2) is 8.42 Å². The summed E-state index contributed by atoms with van der Waals surface area (Å²) in [4.78, 5) is 16.0. The van der Waals surface area contributed by atoms with Crippen molar-refractivity contribution in [2.45, 2.75) is 41.2 Å². The Morgan fingerprint density at radius 2 is 1.66 bits per heavy atom. The molecule has 0 saturated carbocycles. The van der Waals surface area contributed by atoms with Gasteiger partial charge in [0.1, 0.15) is 0 Å². The fraction of sp³-hybridized carbons (Fsp3) is 0.409. The predicted octanol–water partition coefficient (Wildman–Crippen LogP) is 3.19. The van der Waals surface area contributed by atoms with E-state index in [0.29, 0.717) is 31.1 Å². The second kappa shape index (κ2) is 8.50. The molecule has 1 unspecified atom stereocenters. The number of nitrogens with zero attached hydrogens (tertiary/aromatic N) is 2. The zero-order chi connectivity index (χ0) is 20.4. The van der Waals surface area contributed by atoms with Gasteiger partial charge in [0.25, 0.3) is 0 Å². The Bertz CT molecular complexity index is 984. The van der Waals surface area contributed by atoms with Gasteiger partial charge >= 0.3 is 0 Å². The molecule has 2 aromatic rings. The molecule has 7 heteroatoms. The monoisotopic (exact) mass is 430 g/mol. The standard InChI is InChI=1S/C22H26N2O3S2/c1-17(28-20-8-3-2-4-9-20)22(25)23-12-14-24(15-13-23)29(26,27)21-11-10-18-6-5-7-19(18)16-21/h2-4,8-11,16-17H,5-7,12-15H2,1H3. The van der Waals surface area contributed by atoms with Crippen molar-refractivity contribution in [3.05, 3.63) is 59.7 Å². The molecule has 5 nitrogen and oxygen atoms in total. The summed E-state index contributed by atoms with van der Waals surface area (Å²) in [6, 6.07) is 15.4. The molecule has 1 aliphatic carbocycles. The molecule has 4 rings (SSSR count). The number of aryl methyl sites for hydroxylation is 2. The molecule has 1 saturated heterocycles. The Hall–Kier alpha value is -1.83. The summed E-state index contributed by atoms with van der Waals surface area (Å²) < 4.78 is 27.6. The normalized spacial score (nSPS) is 18.4. The third kappa shape index (κ3) is 4.37. The summed E-state index contributed by atoms with van der Waals surface area (Å²) in [5, 5.41) is -0.197. The Morgan fingerprint density at radius 3 is 2.38 bits per heavy atom. The molecule has 0 N–H and O–H groups in total. The van der Waals surface area contributed by atoms with Crippen molar-refractivity contribution >= 4 is 27.7 Å². The van der Waals surface area contributed by atoms with Crippen LogP contribution in [0.15, 0.2) is 58.3 Å². The van der Waals surface area contributed by atoms with Gasteiger partial charge in [0.2, 0.25) is 15.9 Å². The molecule has 154 valence electrons. The summed E-state index contributed by atoms with van der Waals surface area (Å²) in [5.74, 6) is 0.0634. The summed E-state index contributed by atoms with van der Waals surface area (Å²) in [7, 11) is -3.51. The molecule has 2 aromatic carbocycles. The van der Waals surface area contributed by atoms with E-state index >= 15 is 0 Å². The molecule has 2 aliphatic rings. The quantitative estimate of drug-likeness (QED) is 0.684. The molecule has 0 aromatic heterocycles. The number of hydrogen-bond acceptors (Lipinski definition) is 4. The molecule has 29 heavy (non-hydrogen) atoms. The van der Waals surface area contributed by atoms with Gasteiger partial charge in [-0.1, -0.05) is 24.3 Å². The van der Waals surface area contributed by atoms with E-state index in [0.717, 1.165) is 29.7 Å². The van der Waals surface area contributed by atoms with Crippen LogP contribution < -0.4 is 0 Å². The van der Waals surface area contributed by atoms with Crippen LogP contribution >= 0.6 is 11.8 Å². The highest BCUT2D eigenvalue weighted by Gasteiger charge is 2.32. The number of carbonyl (C=O) groups is 1. The van der Waals surface area contributed by atoms with Crippen LogP contribution in [-0.2, 0) is 27.7 Å². The highest BCUT2D eigenvalue weighted by atomic mass is 32.2. The number of hydrogen-bond donors (Lipinski definition) is 0. The molecule has 1 amide bonds. The first kappa shape index (κ1) is 20.4. The highest BCUT2D eigenvalue weighted by Crippen LogP contribution is 2.28. The third-order valence-corrected chi connectivity index (χ3v) is 8.66. The van der Waals surface area contributed by atoms with Gasteiger partial charge in [-0.3, -0.25) is 4.79 Å². The number of fused-ring (bicyclic) bond motifs is 1. The first-order valence-electron chi connectivity index (χ1n) is 10.1. The van der Waals surface area contributed by atoms with Crippen LogP contribution in [0.5, 0.6) is 0 Å². The maximum absolute atomic E-state index is 13.1. The topological polar surface area (TPSA) is 57.7 Å². The van der Waals surface area contributed by atoms with Crippen LogP contribution in [0.3, 0.4) is 0 Å². The summed E-state index contributed by atoms with van der Waals surface area (Å²) >= 11 is 1.54. The maximum Gasteiger partial charge on any atom is 0.243 e. The number of thioether (sulfide) groups is 1. The first-order valence-corrected chi connectivity index (χ1v) is 12.4. The van der Waals surface area contributed by atoms with Crippen LogP contribution in [0.1, 0.15) is 24.5 Å². The fourth-order valence-corrected chi connectivity index (χ4v) is 6.46. The molecule has 1 fully saturated rings. The third-order valence-electron chi connectivity index (χ3n) is 5.66. The summed E-state index contributed by atoms with van der Waals surface area (Å²) in [6.07, 6.45) is 3.09. The molecule has 1 heterocycles. The van der Waals surface area contributed by atoms with Gasteiger partial charge in [-0.2, -0.15) is 4.31 Å². The molecule has 1 aliphatic heterocycles. The van der Waals surface area contributed by atoms with Gasteiger partial charge in [-0.05, 0) is 61.6 Å². The number of sulfonamides is 1. The Kier molecular flexibility index (Phi) is 5.99. The minimum Gasteiger partial charge on any atom is -0.339 e. The van der Waals surface area contributed by atoms with Gasteiger partial charge in [0.15, 0.2) is 0 Å². The van der Waals surface area contributed by atoms with Gasteiger partial charge in [-0.15, -0.1) is 11.8 Å². The predicted molar refractivity (Wildman–Crippen MR) is 116 cm³/mol. The van der Waals surface area contributed by atoms with Crippen molar-refractivity contribution < 1.29 is 13.2 Å². The van der Waals surface area contributed by atoms with Crippen LogP contribution in [0.25, 0.3) is 0 Å². The lowest BCUT2D eigenvalue weighted by molar-refractivity contribution is -0.131. The van der Waals surface area contributed by atoms with Crippen LogP contribution in [0.2, 0.25) is 0 Å². The van der Waals surface area contributed by atoms with Crippen molar-refractivity contribution in [1.82, 2.24) is 9.21 Å². The average Bonchev–Trinajstić information content (AvgIpc) is 3.22. The number of benzene rings is 2. The number of amides is 1. The zero-order valence-corrected chi connectivity index (χ0v) is 18.2. The molecular weight excluding hydrogens is 404 g/mol. The summed E-state index contributed by atoms with van der Waals surface area (Å²) in [6.45, 7) is 3.46. The molecule has 1 atom stereocenters. The SMILES string of the molecule is CC(Sc1ccccc1)C(=O)N1CCN(S(=O)(=O)c2ccc3c(c2)CCC3)CC1. The Labute approximate surface area is 177 Å². The molecular formula is C22H26N2O3S2. The molecule has 0 spiro atoms. The first-order chi connectivity index (χ1) is 13.9. The molecule has 0 radical (unpaired) electrons. The van der Waals surface area contributed by atoms with Gasteiger partial charge in [0, 0.05) is 31.1 Å². The Balaban J connectivity index is 1.38. The van der Waals surface area contributed by atoms with Gasteiger partial charge < -0.3 is 4.90 Å². The smallest absolute Gasteiger partial charge is 0.243 e. The summed E-state index contributed by atoms with van der Waals surface area (Å²) in [5.41, 5.74) is 2.43. The fourth-order valence-electron chi connectivity index (χ4n) is 4.02. The minimum atomic E-state index is -3.51. The Morgan fingerprint density at radius 1 is 0.966 bits per heavy atom. The van der Waals surface area contributed by atoms with E-state index < -0.39 is 10.0 Å². The van der Waals surface area contributed by atoms with Crippen molar-refractivity contribution in [3.63, 3.8) is 0 Å². The highest BCUT2D eigenvalue weighted by molar-refractivity contribution is 8.00. The lowest BCUT2D eigenvalue weighted by Crippen LogP contribution is -2.52.